The molecular weight excluding hydrogens is 418 g/mol. The highest BCUT2D eigenvalue weighted by Gasteiger charge is 2.25. The Hall–Kier alpha value is -2.54. The van der Waals surface area contributed by atoms with E-state index in [1.54, 1.807) is 0 Å². The number of aryl methyl sites for hydroxylation is 1. The van der Waals surface area contributed by atoms with E-state index >= 15 is 0 Å². The Bertz CT molecular complexity index is 1280. The largest absolute Gasteiger partial charge is 0.438 e. The number of benzene rings is 2. The molecule has 0 saturated carbocycles. The molecule has 1 aliphatic carbocycles. The fourth-order valence-corrected chi connectivity index (χ4v) is 6.19. The Morgan fingerprint density at radius 1 is 1.09 bits per heavy atom. The van der Waals surface area contributed by atoms with E-state index in [1.807, 2.05) is 17.4 Å². The molecular formula is C26H27N3O2S. The fraction of sp³-hybridized carbons (Fsp3) is 0.385. The van der Waals surface area contributed by atoms with E-state index in [-0.39, 0.29) is 0 Å². The number of morpholine rings is 1. The summed E-state index contributed by atoms with van der Waals surface area (Å²) in [5.41, 5.74) is 1.40. The lowest BCUT2D eigenvalue weighted by molar-refractivity contribution is 0.0330. The Kier molecular flexibility index (Phi) is 5.29. The van der Waals surface area contributed by atoms with Crippen LogP contribution in [0.2, 0.25) is 0 Å². The summed E-state index contributed by atoms with van der Waals surface area (Å²) in [5, 5.41) is 3.50. The van der Waals surface area contributed by atoms with Crippen LogP contribution in [0.1, 0.15) is 29.6 Å². The summed E-state index contributed by atoms with van der Waals surface area (Å²) in [6.07, 6.45) is 3.42. The molecule has 3 heterocycles. The Morgan fingerprint density at radius 3 is 2.81 bits per heavy atom. The number of hydrogen-bond acceptors (Lipinski definition) is 6. The summed E-state index contributed by atoms with van der Waals surface area (Å²) in [5.74, 6) is 3.09. The molecule has 5 nitrogen and oxygen atoms in total. The van der Waals surface area contributed by atoms with Crippen molar-refractivity contribution >= 4 is 32.3 Å². The summed E-state index contributed by atoms with van der Waals surface area (Å²) in [7, 11) is 0. The second kappa shape index (κ2) is 8.43. The minimum absolute atomic E-state index is 0.709. The minimum atomic E-state index is 0.709. The third-order valence-corrected chi connectivity index (χ3v) is 7.72. The van der Waals surface area contributed by atoms with E-state index in [2.05, 4.69) is 48.2 Å². The number of aromatic nitrogens is 2. The first-order chi connectivity index (χ1) is 15.7. The SMILES string of the molecule is C[C@@H]1CCc2c(sc3nc(CN4CCOCC4)nc(Oc4ccc5ccccc5c4)c23)C1. The quantitative estimate of drug-likeness (QED) is 0.410. The Balaban J connectivity index is 1.42. The molecule has 164 valence electrons. The van der Waals surface area contributed by atoms with Gasteiger partial charge in [0.1, 0.15) is 16.4 Å². The molecule has 4 aromatic rings. The van der Waals surface area contributed by atoms with Crippen molar-refractivity contribution in [2.45, 2.75) is 32.7 Å². The van der Waals surface area contributed by atoms with E-state index in [4.69, 9.17) is 19.4 Å². The molecule has 2 aromatic carbocycles. The van der Waals surface area contributed by atoms with E-state index < -0.39 is 0 Å². The fourth-order valence-electron chi connectivity index (χ4n) is 4.80. The molecule has 0 amide bonds. The maximum absolute atomic E-state index is 6.49. The molecule has 1 fully saturated rings. The second-order valence-electron chi connectivity index (χ2n) is 8.98. The lowest BCUT2D eigenvalue weighted by Gasteiger charge is -2.25. The number of nitrogens with zero attached hydrogens (tertiary/aromatic N) is 3. The van der Waals surface area contributed by atoms with Gasteiger partial charge in [0.25, 0.3) is 0 Å². The van der Waals surface area contributed by atoms with Crippen LogP contribution >= 0.6 is 11.3 Å². The van der Waals surface area contributed by atoms with Gasteiger partial charge in [0.2, 0.25) is 5.88 Å². The van der Waals surface area contributed by atoms with Crippen LogP contribution in [0.25, 0.3) is 21.0 Å². The number of rotatable bonds is 4. The van der Waals surface area contributed by atoms with Gasteiger partial charge in [-0.25, -0.2) is 4.98 Å². The van der Waals surface area contributed by atoms with Crippen molar-refractivity contribution in [1.82, 2.24) is 14.9 Å². The first-order valence-corrected chi connectivity index (χ1v) is 12.3. The second-order valence-corrected chi connectivity index (χ2v) is 10.1. The minimum Gasteiger partial charge on any atom is -0.438 e. The molecule has 32 heavy (non-hydrogen) atoms. The molecule has 0 N–H and O–H groups in total. The lowest BCUT2D eigenvalue weighted by Crippen LogP contribution is -2.36. The topological polar surface area (TPSA) is 47.5 Å². The lowest BCUT2D eigenvalue weighted by atomic mass is 9.89. The third kappa shape index (κ3) is 3.87. The average Bonchev–Trinajstić information content (AvgIpc) is 3.17. The van der Waals surface area contributed by atoms with Crippen LogP contribution in [0.15, 0.2) is 42.5 Å². The van der Waals surface area contributed by atoms with Crippen molar-refractivity contribution < 1.29 is 9.47 Å². The average molecular weight is 446 g/mol. The van der Waals surface area contributed by atoms with Gasteiger partial charge in [0.05, 0.1) is 25.1 Å². The summed E-state index contributed by atoms with van der Waals surface area (Å²) in [4.78, 5) is 14.8. The zero-order valence-corrected chi connectivity index (χ0v) is 19.2. The zero-order chi connectivity index (χ0) is 21.5. The van der Waals surface area contributed by atoms with Crippen LogP contribution in [0.3, 0.4) is 0 Å². The summed E-state index contributed by atoms with van der Waals surface area (Å²) >= 11 is 1.83. The van der Waals surface area contributed by atoms with Crippen molar-refractivity contribution in [3.05, 3.63) is 58.7 Å². The highest BCUT2D eigenvalue weighted by molar-refractivity contribution is 7.18. The number of thiophene rings is 1. The van der Waals surface area contributed by atoms with Crippen molar-refractivity contribution in [1.29, 1.82) is 0 Å². The van der Waals surface area contributed by atoms with E-state index in [0.29, 0.717) is 5.88 Å². The van der Waals surface area contributed by atoms with Crippen LogP contribution in [-0.2, 0) is 24.1 Å². The van der Waals surface area contributed by atoms with Crippen LogP contribution in [0.4, 0.5) is 0 Å². The van der Waals surface area contributed by atoms with E-state index in [1.165, 1.54) is 27.6 Å². The van der Waals surface area contributed by atoms with Crippen LogP contribution < -0.4 is 4.74 Å². The highest BCUT2D eigenvalue weighted by atomic mass is 32.1. The maximum Gasteiger partial charge on any atom is 0.231 e. The Morgan fingerprint density at radius 2 is 1.94 bits per heavy atom. The van der Waals surface area contributed by atoms with Gasteiger partial charge in [-0.3, -0.25) is 4.90 Å². The van der Waals surface area contributed by atoms with Crippen molar-refractivity contribution in [3.8, 4) is 11.6 Å². The van der Waals surface area contributed by atoms with Crippen LogP contribution in [0, 0.1) is 5.92 Å². The maximum atomic E-state index is 6.49. The molecule has 0 radical (unpaired) electrons. The Labute approximate surface area is 192 Å². The van der Waals surface area contributed by atoms with Crippen LogP contribution in [-0.4, -0.2) is 41.2 Å². The summed E-state index contributed by atoms with van der Waals surface area (Å²) < 4.78 is 12.0. The molecule has 2 aliphatic rings. The van der Waals surface area contributed by atoms with Crippen molar-refractivity contribution in [3.63, 3.8) is 0 Å². The van der Waals surface area contributed by atoms with Crippen LogP contribution in [0.5, 0.6) is 11.6 Å². The van der Waals surface area contributed by atoms with Gasteiger partial charge in [-0.15, -0.1) is 11.3 Å². The molecule has 1 atom stereocenters. The number of hydrogen-bond donors (Lipinski definition) is 0. The standard InChI is InChI=1S/C26H27N3O2S/c1-17-6-9-21-22(14-17)32-26-24(21)25(27-23(28-26)16-29-10-12-30-13-11-29)31-20-8-7-18-4-2-3-5-19(18)15-20/h2-5,7-8,15,17H,6,9-14,16H2,1H3/t17-/m1/s1. The van der Waals surface area contributed by atoms with Gasteiger partial charge < -0.3 is 9.47 Å². The third-order valence-electron chi connectivity index (χ3n) is 6.57. The van der Waals surface area contributed by atoms with Gasteiger partial charge >= 0.3 is 0 Å². The molecule has 6 rings (SSSR count). The summed E-state index contributed by atoms with van der Waals surface area (Å²) in [6.45, 7) is 6.45. The zero-order valence-electron chi connectivity index (χ0n) is 18.3. The predicted molar refractivity (Wildman–Crippen MR) is 129 cm³/mol. The summed E-state index contributed by atoms with van der Waals surface area (Å²) in [6, 6.07) is 14.6. The first kappa shape index (κ1) is 20.1. The normalized spacial score (nSPS) is 19.3. The molecule has 0 spiro atoms. The molecule has 6 heteroatoms. The van der Waals surface area contributed by atoms with Gasteiger partial charge in [0.15, 0.2) is 0 Å². The highest BCUT2D eigenvalue weighted by Crippen LogP contribution is 2.42. The van der Waals surface area contributed by atoms with Crippen molar-refractivity contribution in [2.75, 3.05) is 26.3 Å². The first-order valence-electron chi connectivity index (χ1n) is 11.5. The molecule has 1 saturated heterocycles. The monoisotopic (exact) mass is 445 g/mol. The molecule has 0 bridgehead atoms. The van der Waals surface area contributed by atoms with E-state index in [0.717, 1.165) is 73.4 Å². The van der Waals surface area contributed by atoms with E-state index in [9.17, 15) is 0 Å². The predicted octanol–water partition coefficient (Wildman–Crippen LogP) is 5.59. The van der Waals surface area contributed by atoms with Crippen molar-refractivity contribution in [2.24, 2.45) is 5.92 Å². The number of ether oxygens (including phenoxy) is 2. The number of fused-ring (bicyclic) bond motifs is 4. The molecule has 2 aromatic heterocycles. The van der Waals surface area contributed by atoms with Gasteiger partial charge in [-0.05, 0) is 53.6 Å². The molecule has 1 aliphatic heterocycles. The smallest absolute Gasteiger partial charge is 0.231 e. The van der Waals surface area contributed by atoms with Gasteiger partial charge in [0, 0.05) is 18.0 Å². The molecule has 0 unspecified atom stereocenters. The van der Waals surface area contributed by atoms with Gasteiger partial charge in [-0.1, -0.05) is 37.3 Å². The van der Waals surface area contributed by atoms with Gasteiger partial charge in [-0.2, -0.15) is 4.98 Å².